The van der Waals surface area contributed by atoms with Gasteiger partial charge in [0.05, 0.1) is 5.69 Å². The van der Waals surface area contributed by atoms with Crippen molar-refractivity contribution in [1.29, 1.82) is 0 Å². The Kier molecular flexibility index (Phi) is 7.77. The molecule has 8 nitrogen and oxygen atoms in total. The van der Waals surface area contributed by atoms with Gasteiger partial charge in [0, 0.05) is 24.6 Å². The summed E-state index contributed by atoms with van der Waals surface area (Å²) in [5, 5.41) is 11.1. The number of rotatable bonds is 3. The summed E-state index contributed by atoms with van der Waals surface area (Å²) in [6.45, 7) is 12.1. The van der Waals surface area contributed by atoms with E-state index in [0.29, 0.717) is 5.69 Å². The third-order valence-corrected chi connectivity index (χ3v) is 6.96. The highest BCUT2D eigenvalue weighted by molar-refractivity contribution is 6.08. The number of carbonyl (C=O) groups excluding carboxylic acids is 2. The topological polar surface area (TPSA) is 84.9 Å². The van der Waals surface area contributed by atoms with Crippen molar-refractivity contribution in [3.63, 3.8) is 0 Å². The fourth-order valence-electron chi connectivity index (χ4n) is 5.19. The van der Waals surface area contributed by atoms with E-state index in [-0.39, 0.29) is 11.7 Å². The zero-order valence-corrected chi connectivity index (χ0v) is 25.3. The first kappa shape index (κ1) is 29.2. The van der Waals surface area contributed by atoms with E-state index >= 15 is 0 Å². The van der Waals surface area contributed by atoms with E-state index in [1.165, 1.54) is 27.5 Å². The molecule has 0 saturated carbocycles. The van der Waals surface area contributed by atoms with E-state index in [9.17, 15) is 9.59 Å². The van der Waals surface area contributed by atoms with Gasteiger partial charge in [-0.05, 0) is 94.3 Å². The maximum atomic E-state index is 13.0. The minimum atomic E-state index is -0.879. The third kappa shape index (κ3) is 6.60. The number of amides is 2. The van der Waals surface area contributed by atoms with Crippen molar-refractivity contribution in [2.24, 2.45) is 0 Å². The molecule has 42 heavy (non-hydrogen) atoms. The van der Waals surface area contributed by atoms with Crippen LogP contribution in [0.15, 0.2) is 72.8 Å². The fourth-order valence-corrected chi connectivity index (χ4v) is 5.19. The van der Waals surface area contributed by atoms with E-state index in [4.69, 9.17) is 9.47 Å². The molecule has 1 atom stereocenters. The second kappa shape index (κ2) is 11.2. The molecule has 1 aliphatic heterocycles. The second-order valence-electron chi connectivity index (χ2n) is 12.8. The van der Waals surface area contributed by atoms with E-state index in [1.807, 2.05) is 0 Å². The maximum absolute atomic E-state index is 13.0. The summed E-state index contributed by atoms with van der Waals surface area (Å²) in [5.41, 5.74) is 3.74. The van der Waals surface area contributed by atoms with Crippen molar-refractivity contribution in [3.8, 4) is 11.3 Å². The van der Waals surface area contributed by atoms with Crippen LogP contribution in [-0.4, -0.2) is 52.1 Å². The lowest BCUT2D eigenvalue weighted by Gasteiger charge is -2.33. The molecule has 2 heterocycles. The molecule has 1 aromatic heterocycles. The van der Waals surface area contributed by atoms with Crippen molar-refractivity contribution < 1.29 is 19.1 Å². The van der Waals surface area contributed by atoms with Crippen LogP contribution in [0.2, 0.25) is 0 Å². The number of ether oxygens (including phenoxy) is 2. The molecule has 0 saturated heterocycles. The molecule has 5 rings (SSSR count). The van der Waals surface area contributed by atoms with Gasteiger partial charge in [-0.25, -0.2) is 9.59 Å². The molecule has 8 heteroatoms. The van der Waals surface area contributed by atoms with Gasteiger partial charge in [-0.15, -0.1) is 10.2 Å². The van der Waals surface area contributed by atoms with Gasteiger partial charge in [0.1, 0.15) is 11.2 Å². The Hall–Kier alpha value is -4.30. The fraction of sp³-hybridized carbons (Fsp3) is 0.353. The van der Waals surface area contributed by atoms with Gasteiger partial charge in [-0.3, -0.25) is 0 Å². The van der Waals surface area contributed by atoms with Crippen LogP contribution in [0.5, 0.6) is 0 Å². The number of hydrogen-bond acceptors (Lipinski definition) is 7. The van der Waals surface area contributed by atoms with E-state index in [0.717, 1.165) is 23.6 Å². The minimum absolute atomic E-state index is 0.0244. The standard InChI is InChI=1S/C34H38N4O4/c1-33(2,3)41-31(39)38(32(40)42-34(4,5)6)30-17-16-29(35-36-30)25-14-15-27-26(19-25)20-37(7)21-28(27)24-13-12-22-10-8-9-11-23(22)18-24/h8-19,28H,20-21H2,1-7H3/t28-/m0/s1. The number of aromatic nitrogens is 2. The first-order chi connectivity index (χ1) is 19.8. The first-order valence-electron chi connectivity index (χ1n) is 14.2. The number of fused-ring (bicyclic) bond motifs is 2. The van der Waals surface area contributed by atoms with Gasteiger partial charge in [0.25, 0.3) is 0 Å². The van der Waals surface area contributed by atoms with E-state index in [2.05, 4.69) is 82.8 Å². The molecule has 1 aliphatic rings. The molecule has 0 aliphatic carbocycles. The Morgan fingerprint density at radius 2 is 1.48 bits per heavy atom. The quantitative estimate of drug-likeness (QED) is 0.253. The van der Waals surface area contributed by atoms with Gasteiger partial charge in [-0.1, -0.05) is 54.6 Å². The van der Waals surface area contributed by atoms with Crippen LogP contribution in [0.25, 0.3) is 22.0 Å². The van der Waals surface area contributed by atoms with Crippen molar-refractivity contribution in [2.45, 2.75) is 65.2 Å². The van der Waals surface area contributed by atoms with Crippen LogP contribution in [-0.2, 0) is 16.0 Å². The van der Waals surface area contributed by atoms with Gasteiger partial charge in [0.15, 0.2) is 5.82 Å². The van der Waals surface area contributed by atoms with Crippen LogP contribution in [0.4, 0.5) is 15.4 Å². The molecule has 0 fully saturated rings. The summed E-state index contributed by atoms with van der Waals surface area (Å²) in [6, 6.07) is 24.9. The van der Waals surface area contributed by atoms with Gasteiger partial charge in [-0.2, -0.15) is 4.90 Å². The normalized spacial score (nSPS) is 15.6. The van der Waals surface area contributed by atoms with Crippen LogP contribution in [0, 0.1) is 0 Å². The molecule has 0 radical (unpaired) electrons. The SMILES string of the molecule is CN1Cc2cc(-c3ccc(N(C(=O)OC(C)(C)C)C(=O)OC(C)(C)C)nn3)ccc2[C@H](c2ccc3ccccc3c2)C1. The number of likely N-dealkylation sites (N-methyl/N-ethyl adjacent to an activating group) is 1. The molecule has 0 unspecified atom stereocenters. The molecular formula is C34H38N4O4. The van der Waals surface area contributed by atoms with Crippen LogP contribution < -0.4 is 4.90 Å². The van der Waals surface area contributed by atoms with Crippen molar-refractivity contribution in [3.05, 3.63) is 89.5 Å². The molecule has 0 N–H and O–H groups in total. The summed E-state index contributed by atoms with van der Waals surface area (Å²) in [4.78, 5) is 29.1. The smallest absolute Gasteiger partial charge is 0.425 e. The van der Waals surface area contributed by atoms with E-state index < -0.39 is 23.4 Å². The molecule has 2 amide bonds. The number of hydrogen-bond donors (Lipinski definition) is 0. The molecule has 0 spiro atoms. The highest BCUT2D eigenvalue weighted by Gasteiger charge is 2.34. The number of nitrogens with zero attached hydrogens (tertiary/aromatic N) is 4. The Morgan fingerprint density at radius 1 is 0.810 bits per heavy atom. The lowest BCUT2D eigenvalue weighted by Crippen LogP contribution is -2.44. The van der Waals surface area contributed by atoms with Crippen molar-refractivity contribution in [2.75, 3.05) is 18.5 Å². The van der Waals surface area contributed by atoms with Gasteiger partial charge >= 0.3 is 12.2 Å². The largest absolute Gasteiger partial charge is 0.443 e. The molecule has 3 aromatic carbocycles. The molecule has 218 valence electrons. The number of benzene rings is 3. The Labute approximate surface area is 247 Å². The third-order valence-electron chi connectivity index (χ3n) is 6.96. The Morgan fingerprint density at radius 3 is 2.10 bits per heavy atom. The number of carbonyl (C=O) groups is 2. The van der Waals surface area contributed by atoms with Crippen molar-refractivity contribution in [1.82, 2.24) is 15.1 Å². The van der Waals surface area contributed by atoms with Crippen LogP contribution in [0.3, 0.4) is 0 Å². The average molecular weight is 567 g/mol. The lowest BCUT2D eigenvalue weighted by molar-refractivity contribution is 0.0428. The van der Waals surface area contributed by atoms with Crippen LogP contribution in [0.1, 0.15) is 64.2 Å². The molecule has 4 aromatic rings. The molecule has 0 bridgehead atoms. The van der Waals surface area contributed by atoms with Gasteiger partial charge in [0.2, 0.25) is 0 Å². The monoisotopic (exact) mass is 566 g/mol. The minimum Gasteiger partial charge on any atom is -0.443 e. The second-order valence-corrected chi connectivity index (χ2v) is 12.8. The highest BCUT2D eigenvalue weighted by Crippen LogP contribution is 2.36. The first-order valence-corrected chi connectivity index (χ1v) is 14.2. The Bertz CT molecular complexity index is 1590. The summed E-state index contributed by atoms with van der Waals surface area (Å²) in [7, 11) is 2.14. The van der Waals surface area contributed by atoms with Crippen LogP contribution >= 0.6 is 0 Å². The molecular weight excluding hydrogens is 528 g/mol. The van der Waals surface area contributed by atoms with Gasteiger partial charge < -0.3 is 14.4 Å². The predicted molar refractivity (Wildman–Crippen MR) is 165 cm³/mol. The average Bonchev–Trinajstić information content (AvgIpc) is 2.90. The maximum Gasteiger partial charge on any atom is 0.425 e. The number of anilines is 1. The highest BCUT2D eigenvalue weighted by atomic mass is 16.6. The zero-order valence-electron chi connectivity index (χ0n) is 25.3. The lowest BCUT2D eigenvalue weighted by atomic mass is 9.83. The predicted octanol–water partition coefficient (Wildman–Crippen LogP) is 7.55. The summed E-state index contributed by atoms with van der Waals surface area (Å²) < 4.78 is 10.9. The Balaban J connectivity index is 1.44. The summed E-state index contributed by atoms with van der Waals surface area (Å²) >= 11 is 0. The zero-order chi connectivity index (χ0) is 30.2. The summed E-state index contributed by atoms with van der Waals surface area (Å²) in [6.07, 6.45) is -1.76. The van der Waals surface area contributed by atoms with Crippen molar-refractivity contribution >= 4 is 28.8 Å². The number of imide groups is 1. The van der Waals surface area contributed by atoms with E-state index in [1.54, 1.807) is 53.7 Å². The summed E-state index contributed by atoms with van der Waals surface area (Å²) in [5.74, 6) is 0.276.